The van der Waals surface area contributed by atoms with E-state index < -0.39 is 12.1 Å². The number of para-hydroxylation sites is 1. The number of nitrogens with one attached hydrogen (secondary N) is 1. The topological polar surface area (TPSA) is 71.8 Å². The van der Waals surface area contributed by atoms with Crippen molar-refractivity contribution in [1.82, 2.24) is 4.90 Å². The van der Waals surface area contributed by atoms with Gasteiger partial charge in [-0.05, 0) is 31.5 Å². The highest BCUT2D eigenvalue weighted by atomic mass is 16.5. The number of anilines is 1. The number of rotatable bonds is 4. The fourth-order valence-corrected chi connectivity index (χ4v) is 2.94. The van der Waals surface area contributed by atoms with Gasteiger partial charge in [0, 0.05) is 12.2 Å². The molecule has 0 fully saturated rings. The summed E-state index contributed by atoms with van der Waals surface area (Å²) >= 11 is 0. The molecule has 1 aliphatic rings. The van der Waals surface area contributed by atoms with Gasteiger partial charge >= 0.3 is 5.97 Å². The van der Waals surface area contributed by atoms with Crippen LogP contribution in [0.1, 0.15) is 51.7 Å². The van der Waals surface area contributed by atoms with E-state index in [1.165, 1.54) is 7.11 Å². The van der Waals surface area contributed by atoms with Crippen LogP contribution in [0.15, 0.2) is 34.7 Å². The van der Waals surface area contributed by atoms with E-state index in [4.69, 9.17) is 9.15 Å². The molecule has 0 saturated carbocycles. The summed E-state index contributed by atoms with van der Waals surface area (Å²) < 4.78 is 10.5. The van der Waals surface area contributed by atoms with Crippen molar-refractivity contribution in [3.8, 4) is 0 Å². The van der Waals surface area contributed by atoms with E-state index in [1.54, 1.807) is 24.0 Å². The van der Waals surface area contributed by atoms with Gasteiger partial charge < -0.3 is 19.4 Å². The van der Waals surface area contributed by atoms with Crippen LogP contribution in [-0.4, -0.2) is 30.4 Å². The predicted molar refractivity (Wildman–Crippen MR) is 88.9 cm³/mol. The van der Waals surface area contributed by atoms with Crippen LogP contribution in [0.3, 0.4) is 0 Å². The van der Waals surface area contributed by atoms with Gasteiger partial charge in [0.2, 0.25) is 0 Å². The Morgan fingerprint density at radius 1 is 1.38 bits per heavy atom. The second kappa shape index (κ2) is 6.39. The Labute approximate surface area is 140 Å². The summed E-state index contributed by atoms with van der Waals surface area (Å²) in [5.74, 6) is 0.488. The van der Waals surface area contributed by atoms with E-state index in [9.17, 15) is 9.59 Å². The largest absolute Gasteiger partial charge is 0.465 e. The van der Waals surface area contributed by atoms with E-state index in [1.807, 2.05) is 25.1 Å². The molecule has 1 aromatic carbocycles. The predicted octanol–water partition coefficient (Wildman–Crippen LogP) is 3.35. The van der Waals surface area contributed by atoms with Crippen LogP contribution >= 0.6 is 0 Å². The number of fused-ring (bicyclic) bond motifs is 1. The number of ether oxygens (including phenoxy) is 1. The highest BCUT2D eigenvalue weighted by Crippen LogP contribution is 2.34. The molecule has 1 N–H and O–H groups in total. The summed E-state index contributed by atoms with van der Waals surface area (Å²) in [6, 6.07) is 9.02. The quantitative estimate of drug-likeness (QED) is 0.872. The molecule has 1 amide bonds. The molecule has 3 rings (SSSR count). The molecule has 6 nitrogen and oxygen atoms in total. The average molecular weight is 328 g/mol. The van der Waals surface area contributed by atoms with Gasteiger partial charge in [-0.3, -0.25) is 4.79 Å². The molecule has 0 radical (unpaired) electrons. The monoisotopic (exact) mass is 328 g/mol. The molecule has 1 aromatic heterocycles. The van der Waals surface area contributed by atoms with Gasteiger partial charge in [-0.2, -0.15) is 0 Å². The van der Waals surface area contributed by atoms with Gasteiger partial charge in [0.1, 0.15) is 17.1 Å². The van der Waals surface area contributed by atoms with Crippen molar-refractivity contribution < 1.29 is 18.7 Å². The smallest absolute Gasteiger partial charge is 0.341 e. The highest BCUT2D eigenvalue weighted by Gasteiger charge is 2.35. The van der Waals surface area contributed by atoms with Gasteiger partial charge in [0.15, 0.2) is 6.17 Å². The average Bonchev–Trinajstić information content (AvgIpc) is 2.98. The zero-order valence-corrected chi connectivity index (χ0v) is 14.0. The van der Waals surface area contributed by atoms with Crippen molar-refractivity contribution in [2.75, 3.05) is 19.0 Å². The normalized spacial score (nSPS) is 16.5. The van der Waals surface area contributed by atoms with Crippen LogP contribution in [0.25, 0.3) is 0 Å². The van der Waals surface area contributed by atoms with Crippen LogP contribution in [0.2, 0.25) is 0 Å². The van der Waals surface area contributed by atoms with Crippen molar-refractivity contribution in [3.05, 3.63) is 53.0 Å². The van der Waals surface area contributed by atoms with Crippen LogP contribution in [-0.2, 0) is 4.74 Å². The summed E-state index contributed by atoms with van der Waals surface area (Å²) in [5.41, 5.74) is 1.77. The SMILES string of the molecule is CCCN1C(=O)c2ccccc2N[C@@H]1c1cc(C(=O)OC)c(C)o1. The van der Waals surface area contributed by atoms with Crippen molar-refractivity contribution in [2.45, 2.75) is 26.4 Å². The number of hydrogen-bond acceptors (Lipinski definition) is 5. The van der Waals surface area contributed by atoms with Gasteiger partial charge in [0.25, 0.3) is 5.91 Å². The van der Waals surface area contributed by atoms with E-state index in [2.05, 4.69) is 5.32 Å². The number of carbonyl (C=O) groups excluding carboxylic acids is 2. The Morgan fingerprint density at radius 3 is 2.83 bits per heavy atom. The summed E-state index contributed by atoms with van der Waals surface area (Å²) in [4.78, 5) is 26.4. The summed E-state index contributed by atoms with van der Waals surface area (Å²) in [6.07, 6.45) is 0.361. The third-order valence-corrected chi connectivity index (χ3v) is 4.10. The first-order chi connectivity index (χ1) is 11.6. The lowest BCUT2D eigenvalue weighted by molar-refractivity contribution is 0.0597. The maximum Gasteiger partial charge on any atom is 0.341 e. The Kier molecular flexibility index (Phi) is 4.29. The lowest BCUT2D eigenvalue weighted by Crippen LogP contribution is -2.43. The summed E-state index contributed by atoms with van der Waals surface area (Å²) in [7, 11) is 1.33. The van der Waals surface area contributed by atoms with Crippen LogP contribution in [0.4, 0.5) is 5.69 Å². The number of nitrogens with zero attached hydrogens (tertiary/aromatic N) is 1. The zero-order chi connectivity index (χ0) is 17.3. The fourth-order valence-electron chi connectivity index (χ4n) is 2.94. The first kappa shape index (κ1) is 16.1. The molecule has 0 unspecified atom stereocenters. The molecule has 0 spiro atoms. The van der Waals surface area contributed by atoms with Gasteiger partial charge in [-0.15, -0.1) is 0 Å². The Bertz CT molecular complexity index is 781. The highest BCUT2D eigenvalue weighted by molar-refractivity contribution is 6.01. The molecule has 0 saturated heterocycles. The van der Waals surface area contributed by atoms with E-state index in [0.717, 1.165) is 12.1 Å². The molecule has 0 aliphatic carbocycles. The van der Waals surface area contributed by atoms with Gasteiger partial charge in [-0.25, -0.2) is 4.79 Å². The first-order valence-electron chi connectivity index (χ1n) is 7.92. The molecule has 126 valence electrons. The summed E-state index contributed by atoms with van der Waals surface area (Å²) in [5, 5.41) is 3.34. The first-order valence-corrected chi connectivity index (χ1v) is 7.92. The van der Waals surface area contributed by atoms with Crippen molar-refractivity contribution in [1.29, 1.82) is 0 Å². The van der Waals surface area contributed by atoms with Gasteiger partial charge in [0.05, 0.1) is 12.7 Å². The second-order valence-electron chi connectivity index (χ2n) is 5.70. The number of benzene rings is 1. The van der Waals surface area contributed by atoms with Crippen LogP contribution in [0.5, 0.6) is 0 Å². The third kappa shape index (κ3) is 2.64. The number of esters is 1. The molecule has 2 aromatic rings. The molecule has 24 heavy (non-hydrogen) atoms. The van der Waals surface area contributed by atoms with Crippen LogP contribution in [0, 0.1) is 6.92 Å². The summed E-state index contributed by atoms with van der Waals surface area (Å²) in [6.45, 7) is 4.30. The molecule has 1 aliphatic heterocycles. The maximum absolute atomic E-state index is 12.8. The minimum atomic E-state index is -0.454. The van der Waals surface area contributed by atoms with Crippen molar-refractivity contribution in [3.63, 3.8) is 0 Å². The van der Waals surface area contributed by atoms with Crippen molar-refractivity contribution >= 4 is 17.6 Å². The van der Waals surface area contributed by atoms with Crippen molar-refractivity contribution in [2.24, 2.45) is 0 Å². The number of aryl methyl sites for hydroxylation is 1. The number of hydrogen-bond donors (Lipinski definition) is 1. The van der Waals surface area contributed by atoms with E-state index in [-0.39, 0.29) is 5.91 Å². The standard InChI is InChI=1S/C18H20N2O4/c1-4-9-20-16(15-10-13(11(2)24-15)18(22)23-3)19-14-8-6-5-7-12(14)17(20)21/h5-8,10,16,19H,4,9H2,1-3H3/t16-/m0/s1. The van der Waals surface area contributed by atoms with E-state index >= 15 is 0 Å². The molecule has 0 bridgehead atoms. The Hall–Kier alpha value is -2.76. The Balaban J connectivity index is 2.02. The lowest BCUT2D eigenvalue weighted by Gasteiger charge is -2.36. The molecular weight excluding hydrogens is 308 g/mol. The lowest BCUT2D eigenvalue weighted by atomic mass is 10.1. The molecule has 1 atom stereocenters. The van der Waals surface area contributed by atoms with Gasteiger partial charge in [-0.1, -0.05) is 19.1 Å². The second-order valence-corrected chi connectivity index (χ2v) is 5.70. The zero-order valence-electron chi connectivity index (χ0n) is 14.0. The number of carbonyl (C=O) groups is 2. The van der Waals surface area contributed by atoms with Crippen LogP contribution < -0.4 is 5.32 Å². The molecular formula is C18H20N2O4. The minimum Gasteiger partial charge on any atom is -0.465 e. The maximum atomic E-state index is 12.8. The van der Waals surface area contributed by atoms with E-state index in [0.29, 0.717) is 29.2 Å². The number of furan rings is 1. The fraction of sp³-hybridized carbons (Fsp3) is 0.333. The Morgan fingerprint density at radius 2 is 2.12 bits per heavy atom. The minimum absolute atomic E-state index is 0.0510. The molecule has 6 heteroatoms. The third-order valence-electron chi connectivity index (χ3n) is 4.10. The number of methoxy groups -OCH3 is 1. The molecule has 2 heterocycles. The number of amides is 1.